The van der Waals surface area contributed by atoms with Crippen molar-refractivity contribution in [3.63, 3.8) is 0 Å². The first kappa shape index (κ1) is 11.3. The highest BCUT2D eigenvalue weighted by molar-refractivity contribution is 5.56. The second-order valence-corrected chi connectivity index (χ2v) is 4.02. The van der Waals surface area contributed by atoms with Gasteiger partial charge in [-0.05, 0) is 19.3 Å². The fourth-order valence-electron chi connectivity index (χ4n) is 1.80. The largest absolute Gasteiger partial charge is 0.339 e. The van der Waals surface area contributed by atoms with Crippen LogP contribution in [0.5, 0.6) is 0 Å². The first-order valence-electron chi connectivity index (χ1n) is 5.82. The van der Waals surface area contributed by atoms with Gasteiger partial charge in [0.25, 0.3) is 0 Å². The highest BCUT2D eigenvalue weighted by Crippen LogP contribution is 2.16. The van der Waals surface area contributed by atoms with Crippen molar-refractivity contribution in [1.82, 2.24) is 9.91 Å². The zero-order valence-electron chi connectivity index (χ0n) is 9.74. The second kappa shape index (κ2) is 5.89. The van der Waals surface area contributed by atoms with E-state index in [4.69, 9.17) is 0 Å². The lowest BCUT2D eigenvalue weighted by molar-refractivity contribution is 0.147. The molecule has 0 aromatic carbocycles. The Labute approximate surface area is 87.8 Å². The third-order valence-corrected chi connectivity index (χ3v) is 2.78. The zero-order valence-corrected chi connectivity index (χ0v) is 9.74. The van der Waals surface area contributed by atoms with Gasteiger partial charge in [0.1, 0.15) is 12.5 Å². The van der Waals surface area contributed by atoms with Crippen molar-refractivity contribution in [3.8, 4) is 0 Å². The highest BCUT2D eigenvalue weighted by Gasteiger charge is 2.23. The molecular weight excluding hydrogens is 174 g/mol. The molecule has 1 unspecified atom stereocenters. The number of hydrogen-bond donors (Lipinski definition) is 0. The van der Waals surface area contributed by atoms with Crippen LogP contribution in [0.1, 0.15) is 46.0 Å². The van der Waals surface area contributed by atoms with Crippen molar-refractivity contribution < 1.29 is 0 Å². The smallest absolute Gasteiger partial charge is 0.118 e. The molecule has 1 aliphatic rings. The van der Waals surface area contributed by atoms with Crippen molar-refractivity contribution in [2.45, 2.75) is 52.1 Å². The van der Waals surface area contributed by atoms with Gasteiger partial charge in [-0.2, -0.15) is 5.10 Å². The Bertz CT molecular complexity index is 179. The summed E-state index contributed by atoms with van der Waals surface area (Å²) in [6.07, 6.45) is 8.83. The Hall–Kier alpha value is -0.730. The molecule has 0 radical (unpaired) electrons. The van der Waals surface area contributed by atoms with E-state index in [1.807, 2.05) is 6.34 Å². The fraction of sp³-hybridized carbons (Fsp3) is 0.909. The van der Waals surface area contributed by atoms with E-state index in [1.165, 1.54) is 32.1 Å². The van der Waals surface area contributed by atoms with E-state index in [0.29, 0.717) is 6.17 Å². The van der Waals surface area contributed by atoms with Gasteiger partial charge in [-0.3, -0.25) is 5.01 Å². The molecule has 0 fully saturated rings. The predicted molar refractivity (Wildman–Crippen MR) is 61.2 cm³/mol. The molecule has 14 heavy (non-hydrogen) atoms. The summed E-state index contributed by atoms with van der Waals surface area (Å²) in [5.74, 6) is 0. The van der Waals surface area contributed by atoms with Gasteiger partial charge in [-0.25, -0.2) is 0 Å². The molecule has 1 aliphatic heterocycles. The Balaban J connectivity index is 2.35. The predicted octanol–water partition coefficient (Wildman–Crippen LogP) is 2.49. The number of hydrogen-bond acceptors (Lipinski definition) is 3. The standard InChI is InChI=1S/C11H23N3/c1-4-6-8-11-13(3)12-10-14(11)9-7-5-2/h10-11H,4-9H2,1-3H3. The molecule has 0 aromatic heterocycles. The maximum absolute atomic E-state index is 4.34. The lowest BCUT2D eigenvalue weighted by atomic mass is 10.2. The van der Waals surface area contributed by atoms with Gasteiger partial charge in [0.2, 0.25) is 0 Å². The first-order valence-corrected chi connectivity index (χ1v) is 5.82. The molecule has 3 heteroatoms. The minimum Gasteiger partial charge on any atom is -0.339 e. The fourth-order valence-corrected chi connectivity index (χ4v) is 1.80. The zero-order chi connectivity index (χ0) is 10.4. The lowest BCUT2D eigenvalue weighted by Crippen LogP contribution is -2.38. The SMILES string of the molecule is CCCCC1N(CCCC)C=NN1C. The molecule has 0 bridgehead atoms. The van der Waals surface area contributed by atoms with Crippen LogP contribution in [-0.2, 0) is 0 Å². The molecular formula is C11H23N3. The van der Waals surface area contributed by atoms with Crippen LogP contribution in [0.3, 0.4) is 0 Å². The summed E-state index contributed by atoms with van der Waals surface area (Å²) >= 11 is 0. The summed E-state index contributed by atoms with van der Waals surface area (Å²) < 4.78 is 0. The second-order valence-electron chi connectivity index (χ2n) is 4.02. The van der Waals surface area contributed by atoms with Gasteiger partial charge in [-0.15, -0.1) is 0 Å². The Morgan fingerprint density at radius 1 is 1.21 bits per heavy atom. The third kappa shape index (κ3) is 2.89. The monoisotopic (exact) mass is 197 g/mol. The number of unbranched alkanes of at least 4 members (excludes halogenated alkanes) is 2. The molecule has 0 N–H and O–H groups in total. The van der Waals surface area contributed by atoms with Crippen LogP contribution in [0.25, 0.3) is 0 Å². The average molecular weight is 197 g/mol. The van der Waals surface area contributed by atoms with E-state index in [2.05, 4.69) is 35.9 Å². The molecule has 0 spiro atoms. The van der Waals surface area contributed by atoms with Crippen molar-refractivity contribution >= 4 is 6.34 Å². The van der Waals surface area contributed by atoms with Crippen molar-refractivity contribution in [2.75, 3.05) is 13.6 Å². The molecule has 0 saturated heterocycles. The quantitative estimate of drug-likeness (QED) is 0.651. The normalized spacial score (nSPS) is 20.9. The minimum atomic E-state index is 0.515. The topological polar surface area (TPSA) is 18.8 Å². The van der Waals surface area contributed by atoms with Gasteiger partial charge < -0.3 is 4.90 Å². The Kier molecular flexibility index (Phi) is 4.77. The van der Waals surface area contributed by atoms with E-state index in [0.717, 1.165) is 6.54 Å². The molecule has 82 valence electrons. The number of hydrazone groups is 1. The maximum atomic E-state index is 4.34. The van der Waals surface area contributed by atoms with Crippen molar-refractivity contribution in [3.05, 3.63) is 0 Å². The van der Waals surface area contributed by atoms with Crippen molar-refractivity contribution in [1.29, 1.82) is 0 Å². The highest BCUT2D eigenvalue weighted by atomic mass is 15.6. The van der Waals surface area contributed by atoms with Crippen LogP contribution in [0, 0.1) is 0 Å². The van der Waals surface area contributed by atoms with Gasteiger partial charge in [-0.1, -0.05) is 26.7 Å². The number of rotatable bonds is 6. The van der Waals surface area contributed by atoms with Gasteiger partial charge in [0.15, 0.2) is 0 Å². The van der Waals surface area contributed by atoms with Crippen LogP contribution >= 0.6 is 0 Å². The molecule has 0 aromatic rings. The molecule has 1 rings (SSSR count). The van der Waals surface area contributed by atoms with Crippen LogP contribution in [-0.4, -0.2) is 36.0 Å². The summed E-state index contributed by atoms with van der Waals surface area (Å²) in [6.45, 7) is 5.63. The van der Waals surface area contributed by atoms with Crippen LogP contribution < -0.4 is 0 Å². The Morgan fingerprint density at radius 3 is 2.57 bits per heavy atom. The minimum absolute atomic E-state index is 0.515. The van der Waals surface area contributed by atoms with E-state index in [9.17, 15) is 0 Å². The summed E-state index contributed by atoms with van der Waals surface area (Å²) in [6, 6.07) is 0. The number of nitrogens with zero attached hydrogens (tertiary/aromatic N) is 3. The molecule has 0 amide bonds. The summed E-state index contributed by atoms with van der Waals surface area (Å²) in [7, 11) is 2.07. The van der Waals surface area contributed by atoms with E-state index in [1.54, 1.807) is 0 Å². The molecule has 0 aliphatic carbocycles. The van der Waals surface area contributed by atoms with E-state index >= 15 is 0 Å². The summed E-state index contributed by atoms with van der Waals surface area (Å²) in [5.41, 5.74) is 0. The lowest BCUT2D eigenvalue weighted by Gasteiger charge is -2.28. The van der Waals surface area contributed by atoms with Gasteiger partial charge in [0, 0.05) is 13.6 Å². The Morgan fingerprint density at radius 2 is 1.93 bits per heavy atom. The first-order chi connectivity index (χ1) is 6.79. The van der Waals surface area contributed by atoms with Crippen LogP contribution in [0.15, 0.2) is 5.10 Å². The average Bonchev–Trinajstić information content (AvgIpc) is 2.53. The summed E-state index contributed by atoms with van der Waals surface area (Å²) in [5, 5.41) is 6.43. The van der Waals surface area contributed by atoms with Gasteiger partial charge >= 0.3 is 0 Å². The molecule has 1 atom stereocenters. The summed E-state index contributed by atoms with van der Waals surface area (Å²) in [4.78, 5) is 2.37. The van der Waals surface area contributed by atoms with Crippen molar-refractivity contribution in [2.24, 2.45) is 5.10 Å². The molecule has 1 heterocycles. The molecule has 0 saturated carbocycles. The van der Waals surface area contributed by atoms with E-state index < -0.39 is 0 Å². The molecule has 3 nitrogen and oxygen atoms in total. The third-order valence-electron chi connectivity index (χ3n) is 2.78. The van der Waals surface area contributed by atoms with Gasteiger partial charge in [0.05, 0.1) is 0 Å². The maximum Gasteiger partial charge on any atom is 0.118 e. The van der Waals surface area contributed by atoms with Crippen LogP contribution in [0.4, 0.5) is 0 Å². The van der Waals surface area contributed by atoms with Crippen LogP contribution in [0.2, 0.25) is 0 Å². The van der Waals surface area contributed by atoms with E-state index in [-0.39, 0.29) is 0 Å².